The lowest BCUT2D eigenvalue weighted by atomic mass is 10.2. The number of nitrogens with zero attached hydrogens (tertiary/aromatic N) is 1. The van der Waals surface area contributed by atoms with Gasteiger partial charge in [0, 0.05) is 34.6 Å². The predicted molar refractivity (Wildman–Crippen MR) is 110 cm³/mol. The lowest BCUT2D eigenvalue weighted by molar-refractivity contribution is 0.0970. The molecular weight excluding hydrogens is 423 g/mol. The van der Waals surface area contributed by atoms with Gasteiger partial charge in [-0.15, -0.1) is 0 Å². The van der Waals surface area contributed by atoms with Gasteiger partial charge in [0.05, 0.1) is 11.5 Å². The molecule has 0 aliphatic carbocycles. The standard InChI is InChI=1S/C19H18Cl2N2O4S/c1-12-15(21)4-3-5-18(12)28(25,26)22-19(24)17-11-13-10-14(20)6-7-16(13)23(17)8-9-27-2/h3-7,10-11H,8-9H2,1-2H3,(H,22,24). The summed E-state index contributed by atoms with van der Waals surface area (Å²) in [6, 6.07) is 11.3. The number of ether oxygens (including phenoxy) is 1. The fourth-order valence-electron chi connectivity index (χ4n) is 2.96. The van der Waals surface area contributed by atoms with Gasteiger partial charge in [-0.2, -0.15) is 0 Å². The quantitative estimate of drug-likeness (QED) is 0.627. The van der Waals surface area contributed by atoms with Crippen molar-refractivity contribution in [3.63, 3.8) is 0 Å². The summed E-state index contributed by atoms with van der Waals surface area (Å²) in [5.74, 6) is -0.747. The number of hydrogen-bond acceptors (Lipinski definition) is 4. The molecule has 0 aliphatic heterocycles. The van der Waals surface area contributed by atoms with Crippen molar-refractivity contribution in [3.05, 3.63) is 63.8 Å². The van der Waals surface area contributed by atoms with Gasteiger partial charge in [0.1, 0.15) is 5.69 Å². The molecule has 0 aliphatic rings. The first-order chi connectivity index (χ1) is 13.2. The largest absolute Gasteiger partial charge is 0.383 e. The van der Waals surface area contributed by atoms with Crippen LogP contribution in [0.15, 0.2) is 47.4 Å². The molecule has 3 aromatic rings. The molecule has 2 aromatic carbocycles. The van der Waals surface area contributed by atoms with E-state index in [9.17, 15) is 13.2 Å². The van der Waals surface area contributed by atoms with Crippen LogP contribution in [0, 0.1) is 6.92 Å². The first kappa shape index (κ1) is 20.7. The van der Waals surface area contributed by atoms with Gasteiger partial charge in [-0.05, 0) is 48.9 Å². The zero-order valence-electron chi connectivity index (χ0n) is 15.2. The molecule has 1 N–H and O–H groups in total. The van der Waals surface area contributed by atoms with Crippen LogP contribution in [0.2, 0.25) is 10.0 Å². The van der Waals surface area contributed by atoms with E-state index in [1.165, 1.54) is 12.1 Å². The van der Waals surface area contributed by atoms with Crippen molar-refractivity contribution in [1.82, 2.24) is 9.29 Å². The van der Waals surface area contributed by atoms with Crippen molar-refractivity contribution in [2.24, 2.45) is 0 Å². The summed E-state index contributed by atoms with van der Waals surface area (Å²) < 4.78 is 34.4. The third kappa shape index (κ3) is 4.03. The number of aromatic nitrogens is 1. The Morgan fingerprint density at radius 3 is 2.64 bits per heavy atom. The Morgan fingerprint density at radius 1 is 1.18 bits per heavy atom. The SMILES string of the molecule is COCCn1c(C(=O)NS(=O)(=O)c2cccc(Cl)c2C)cc2cc(Cl)ccc21. The summed E-state index contributed by atoms with van der Waals surface area (Å²) in [7, 11) is -2.55. The maximum Gasteiger partial charge on any atom is 0.281 e. The molecule has 9 heteroatoms. The Labute approximate surface area is 173 Å². The van der Waals surface area contributed by atoms with Gasteiger partial charge in [-0.25, -0.2) is 13.1 Å². The molecule has 3 rings (SSSR count). The van der Waals surface area contributed by atoms with Crippen LogP contribution in [0.4, 0.5) is 0 Å². The molecule has 148 valence electrons. The van der Waals surface area contributed by atoms with Crippen LogP contribution < -0.4 is 4.72 Å². The van der Waals surface area contributed by atoms with Crippen molar-refractivity contribution in [1.29, 1.82) is 0 Å². The fraction of sp³-hybridized carbons (Fsp3) is 0.211. The van der Waals surface area contributed by atoms with Crippen molar-refractivity contribution in [3.8, 4) is 0 Å². The summed E-state index contributed by atoms with van der Waals surface area (Å²) in [4.78, 5) is 12.8. The number of hydrogen-bond donors (Lipinski definition) is 1. The number of carbonyl (C=O) groups is 1. The molecule has 0 bridgehead atoms. The molecule has 0 fully saturated rings. The minimum absolute atomic E-state index is 0.0454. The normalized spacial score (nSPS) is 11.7. The number of amides is 1. The smallest absolute Gasteiger partial charge is 0.281 e. The highest BCUT2D eigenvalue weighted by Crippen LogP contribution is 2.25. The van der Waals surface area contributed by atoms with Crippen LogP contribution in [-0.4, -0.2) is 32.6 Å². The van der Waals surface area contributed by atoms with Crippen molar-refractivity contribution < 1.29 is 17.9 Å². The molecule has 1 aromatic heterocycles. The zero-order valence-corrected chi connectivity index (χ0v) is 17.5. The Balaban J connectivity index is 2.02. The molecule has 0 saturated heterocycles. The van der Waals surface area contributed by atoms with Gasteiger partial charge in [-0.1, -0.05) is 29.3 Å². The van der Waals surface area contributed by atoms with Crippen LogP contribution in [0.5, 0.6) is 0 Å². The van der Waals surface area contributed by atoms with Crippen LogP contribution in [0.1, 0.15) is 16.1 Å². The Bertz CT molecular complexity index is 1160. The van der Waals surface area contributed by atoms with Crippen LogP contribution in [-0.2, 0) is 21.3 Å². The highest BCUT2D eigenvalue weighted by molar-refractivity contribution is 7.90. The first-order valence-corrected chi connectivity index (χ1v) is 10.6. The molecular formula is C19H18Cl2N2O4S. The minimum atomic E-state index is -4.10. The van der Waals surface area contributed by atoms with E-state index < -0.39 is 15.9 Å². The molecule has 0 spiro atoms. The Kier molecular flexibility index (Phi) is 6.00. The lowest BCUT2D eigenvalue weighted by Crippen LogP contribution is -2.32. The third-order valence-corrected chi connectivity index (χ3v) is 6.47. The van der Waals surface area contributed by atoms with Gasteiger partial charge < -0.3 is 9.30 Å². The summed E-state index contributed by atoms with van der Waals surface area (Å²) in [5, 5.41) is 1.55. The van der Waals surface area contributed by atoms with Gasteiger partial charge in [-0.3, -0.25) is 4.79 Å². The highest BCUT2D eigenvalue weighted by Gasteiger charge is 2.24. The fourth-order valence-corrected chi connectivity index (χ4v) is 4.60. The zero-order chi connectivity index (χ0) is 20.5. The van der Waals surface area contributed by atoms with E-state index in [4.69, 9.17) is 27.9 Å². The lowest BCUT2D eigenvalue weighted by Gasteiger charge is -2.12. The summed E-state index contributed by atoms with van der Waals surface area (Å²) >= 11 is 12.1. The number of methoxy groups -OCH3 is 1. The van der Waals surface area contributed by atoms with Crippen molar-refractivity contribution in [2.45, 2.75) is 18.4 Å². The van der Waals surface area contributed by atoms with E-state index in [1.807, 2.05) is 0 Å². The predicted octanol–water partition coefficient (Wildman–Crippen LogP) is 4.02. The van der Waals surface area contributed by atoms with Crippen molar-refractivity contribution >= 4 is 50.0 Å². The summed E-state index contributed by atoms with van der Waals surface area (Å²) in [6.07, 6.45) is 0. The second-order valence-corrected chi connectivity index (χ2v) is 8.67. The van der Waals surface area contributed by atoms with E-state index in [2.05, 4.69) is 4.72 Å². The third-order valence-electron chi connectivity index (χ3n) is 4.35. The van der Waals surface area contributed by atoms with Crippen molar-refractivity contribution in [2.75, 3.05) is 13.7 Å². The van der Waals surface area contributed by atoms with E-state index in [-0.39, 0.29) is 10.6 Å². The maximum absolute atomic E-state index is 12.9. The molecule has 1 heterocycles. The number of rotatable bonds is 6. The number of halogens is 2. The molecule has 0 unspecified atom stereocenters. The number of benzene rings is 2. The van der Waals surface area contributed by atoms with E-state index in [0.29, 0.717) is 28.8 Å². The number of fused-ring (bicyclic) bond motifs is 1. The molecule has 0 saturated carbocycles. The average Bonchev–Trinajstić information content (AvgIpc) is 2.99. The van der Waals surface area contributed by atoms with E-state index in [1.54, 1.807) is 48.9 Å². The summed E-state index contributed by atoms with van der Waals surface area (Å²) in [6.45, 7) is 2.31. The van der Waals surface area contributed by atoms with Gasteiger partial charge in [0.15, 0.2) is 0 Å². The second kappa shape index (κ2) is 8.13. The first-order valence-electron chi connectivity index (χ1n) is 8.34. The van der Waals surface area contributed by atoms with E-state index >= 15 is 0 Å². The highest BCUT2D eigenvalue weighted by atomic mass is 35.5. The molecule has 6 nitrogen and oxygen atoms in total. The van der Waals surface area contributed by atoms with Gasteiger partial charge >= 0.3 is 0 Å². The number of nitrogens with one attached hydrogen (secondary N) is 1. The number of sulfonamides is 1. The maximum atomic E-state index is 12.9. The van der Waals surface area contributed by atoms with Crippen LogP contribution in [0.3, 0.4) is 0 Å². The topological polar surface area (TPSA) is 77.4 Å². The molecule has 0 radical (unpaired) electrons. The summed E-state index contributed by atoms with van der Waals surface area (Å²) in [5.41, 5.74) is 1.32. The second-order valence-electron chi connectivity index (χ2n) is 6.17. The van der Waals surface area contributed by atoms with Crippen LogP contribution in [0.25, 0.3) is 10.9 Å². The molecule has 1 amide bonds. The Morgan fingerprint density at radius 2 is 1.93 bits per heavy atom. The molecule has 0 atom stereocenters. The minimum Gasteiger partial charge on any atom is -0.383 e. The monoisotopic (exact) mass is 440 g/mol. The van der Waals surface area contributed by atoms with Crippen LogP contribution >= 0.6 is 23.2 Å². The molecule has 28 heavy (non-hydrogen) atoms. The number of carbonyl (C=O) groups excluding carboxylic acids is 1. The Hall–Kier alpha value is -2.06. The van der Waals surface area contributed by atoms with E-state index in [0.717, 1.165) is 10.9 Å². The van der Waals surface area contributed by atoms with Gasteiger partial charge in [0.2, 0.25) is 0 Å². The van der Waals surface area contributed by atoms with Gasteiger partial charge in [0.25, 0.3) is 15.9 Å². The average molecular weight is 441 g/mol.